The molecule has 19 heavy (non-hydrogen) atoms. The van der Waals surface area contributed by atoms with E-state index in [1.807, 2.05) is 0 Å². The van der Waals surface area contributed by atoms with Gasteiger partial charge in [-0.1, -0.05) is 0 Å². The molecule has 0 aromatic carbocycles. The number of piperidine rings is 1. The maximum absolute atomic E-state index is 11.9. The number of amides is 2. The lowest BCUT2D eigenvalue weighted by molar-refractivity contribution is -0.143. The standard InChI is InChI=1S/C11H18F3N3O2/c1-17(6-9(18)16-7-11(12,13)14)10(19)8-3-2-4-15-5-8/h8,15H,2-7H2,1H3,(H,16,18)/t8-/m0/s1. The van der Waals surface area contributed by atoms with Crippen molar-refractivity contribution < 1.29 is 22.8 Å². The summed E-state index contributed by atoms with van der Waals surface area (Å²) in [5, 5.41) is 4.81. The van der Waals surface area contributed by atoms with Crippen LogP contribution in [0.5, 0.6) is 0 Å². The summed E-state index contributed by atoms with van der Waals surface area (Å²) in [5.41, 5.74) is 0. The van der Waals surface area contributed by atoms with Crippen LogP contribution in [0.4, 0.5) is 13.2 Å². The van der Waals surface area contributed by atoms with Gasteiger partial charge in [-0.25, -0.2) is 0 Å². The summed E-state index contributed by atoms with van der Waals surface area (Å²) in [4.78, 5) is 24.4. The molecule has 0 spiro atoms. The fraction of sp³-hybridized carbons (Fsp3) is 0.818. The van der Waals surface area contributed by atoms with Crippen molar-refractivity contribution in [1.82, 2.24) is 15.5 Å². The maximum Gasteiger partial charge on any atom is 0.405 e. The highest BCUT2D eigenvalue weighted by atomic mass is 19.4. The van der Waals surface area contributed by atoms with Crippen LogP contribution in [0.2, 0.25) is 0 Å². The Balaban J connectivity index is 2.34. The average molecular weight is 281 g/mol. The van der Waals surface area contributed by atoms with Crippen molar-refractivity contribution in [3.8, 4) is 0 Å². The summed E-state index contributed by atoms with van der Waals surface area (Å²) in [6, 6.07) is 0. The van der Waals surface area contributed by atoms with Crippen molar-refractivity contribution in [3.05, 3.63) is 0 Å². The number of halogens is 3. The smallest absolute Gasteiger partial charge is 0.345 e. The average Bonchev–Trinajstić information content (AvgIpc) is 2.35. The molecular formula is C11H18F3N3O2. The number of carbonyl (C=O) groups is 2. The van der Waals surface area contributed by atoms with Crippen molar-refractivity contribution in [2.24, 2.45) is 5.92 Å². The van der Waals surface area contributed by atoms with E-state index in [9.17, 15) is 22.8 Å². The van der Waals surface area contributed by atoms with Gasteiger partial charge in [0.05, 0.1) is 12.5 Å². The van der Waals surface area contributed by atoms with Gasteiger partial charge in [-0.2, -0.15) is 13.2 Å². The minimum Gasteiger partial charge on any atom is -0.345 e. The van der Waals surface area contributed by atoms with Crippen molar-refractivity contribution in [2.75, 3.05) is 33.2 Å². The van der Waals surface area contributed by atoms with Crippen molar-refractivity contribution in [2.45, 2.75) is 19.0 Å². The van der Waals surface area contributed by atoms with E-state index in [0.29, 0.717) is 6.54 Å². The van der Waals surface area contributed by atoms with Gasteiger partial charge in [0.1, 0.15) is 6.54 Å². The third-order valence-corrected chi connectivity index (χ3v) is 2.89. The molecule has 0 radical (unpaired) electrons. The van der Waals surface area contributed by atoms with Crippen LogP contribution in [0, 0.1) is 5.92 Å². The summed E-state index contributed by atoms with van der Waals surface area (Å²) < 4.78 is 35.7. The number of hydrogen-bond acceptors (Lipinski definition) is 3. The van der Waals surface area contributed by atoms with Crippen molar-refractivity contribution in [1.29, 1.82) is 0 Å². The number of likely N-dealkylation sites (N-methyl/N-ethyl adjacent to an activating group) is 1. The Morgan fingerprint density at radius 3 is 2.63 bits per heavy atom. The molecular weight excluding hydrogens is 263 g/mol. The van der Waals surface area contributed by atoms with Crippen LogP contribution in [0.25, 0.3) is 0 Å². The molecule has 0 aliphatic carbocycles. The summed E-state index contributed by atoms with van der Waals surface area (Å²) in [5.74, 6) is -1.22. The van der Waals surface area contributed by atoms with Gasteiger partial charge in [-0.3, -0.25) is 9.59 Å². The van der Waals surface area contributed by atoms with Gasteiger partial charge >= 0.3 is 6.18 Å². The Labute approximate surface area is 109 Å². The van der Waals surface area contributed by atoms with Crippen LogP contribution < -0.4 is 10.6 Å². The maximum atomic E-state index is 11.9. The molecule has 1 atom stereocenters. The van der Waals surface area contributed by atoms with Crippen LogP contribution in [0.1, 0.15) is 12.8 Å². The Kier molecular flexibility index (Phi) is 5.59. The van der Waals surface area contributed by atoms with Gasteiger partial charge in [0.25, 0.3) is 0 Å². The summed E-state index contributed by atoms with van der Waals surface area (Å²) in [6.45, 7) is -0.322. The van der Waals surface area contributed by atoms with E-state index in [0.717, 1.165) is 19.4 Å². The zero-order chi connectivity index (χ0) is 14.5. The Bertz CT molecular complexity index is 328. The molecule has 0 aromatic heterocycles. The lowest BCUT2D eigenvalue weighted by Crippen LogP contribution is -2.46. The van der Waals surface area contributed by atoms with Gasteiger partial charge in [-0.05, 0) is 19.4 Å². The molecule has 0 aromatic rings. The number of nitrogens with zero attached hydrogens (tertiary/aromatic N) is 1. The second kappa shape index (κ2) is 6.74. The van der Waals surface area contributed by atoms with E-state index >= 15 is 0 Å². The highest BCUT2D eigenvalue weighted by Crippen LogP contribution is 2.13. The Morgan fingerprint density at radius 1 is 1.42 bits per heavy atom. The van der Waals surface area contributed by atoms with E-state index in [-0.39, 0.29) is 18.4 Å². The van der Waals surface area contributed by atoms with Gasteiger partial charge in [-0.15, -0.1) is 0 Å². The molecule has 1 fully saturated rings. The second-order valence-corrected chi connectivity index (χ2v) is 4.63. The molecule has 2 amide bonds. The second-order valence-electron chi connectivity index (χ2n) is 4.63. The van der Waals surface area contributed by atoms with Crippen molar-refractivity contribution >= 4 is 11.8 Å². The molecule has 0 unspecified atom stereocenters. The molecule has 1 rings (SSSR count). The molecule has 8 heteroatoms. The zero-order valence-electron chi connectivity index (χ0n) is 10.7. The van der Waals surface area contributed by atoms with E-state index in [2.05, 4.69) is 5.32 Å². The predicted molar refractivity (Wildman–Crippen MR) is 62.3 cm³/mol. The summed E-state index contributed by atoms with van der Waals surface area (Å²) >= 11 is 0. The molecule has 1 aliphatic heterocycles. The van der Waals surface area contributed by atoms with Crippen LogP contribution in [-0.4, -0.2) is 56.1 Å². The third-order valence-electron chi connectivity index (χ3n) is 2.89. The van der Waals surface area contributed by atoms with Gasteiger partial charge < -0.3 is 15.5 Å². The molecule has 5 nitrogen and oxygen atoms in total. The van der Waals surface area contributed by atoms with E-state index in [1.54, 1.807) is 5.32 Å². The van der Waals surface area contributed by atoms with Gasteiger partial charge in [0.15, 0.2) is 0 Å². The fourth-order valence-electron chi connectivity index (χ4n) is 1.92. The SMILES string of the molecule is CN(CC(=O)NCC(F)(F)F)C(=O)[C@H]1CCCNC1. The quantitative estimate of drug-likeness (QED) is 0.769. The normalized spacial score (nSPS) is 19.9. The molecule has 2 N–H and O–H groups in total. The Hall–Kier alpha value is -1.31. The molecule has 1 saturated heterocycles. The summed E-state index contributed by atoms with van der Waals surface area (Å²) in [6.07, 6.45) is -2.82. The first kappa shape index (κ1) is 15.7. The van der Waals surface area contributed by atoms with E-state index < -0.39 is 18.6 Å². The predicted octanol–water partition coefficient (Wildman–Crippen LogP) is 0.123. The molecule has 110 valence electrons. The third kappa shape index (κ3) is 5.91. The zero-order valence-corrected chi connectivity index (χ0v) is 10.7. The lowest BCUT2D eigenvalue weighted by Gasteiger charge is -2.26. The number of alkyl halides is 3. The molecule has 0 saturated carbocycles. The van der Waals surface area contributed by atoms with Crippen LogP contribution in [0.15, 0.2) is 0 Å². The molecule has 0 bridgehead atoms. The van der Waals surface area contributed by atoms with Crippen LogP contribution >= 0.6 is 0 Å². The fourth-order valence-corrected chi connectivity index (χ4v) is 1.92. The number of nitrogens with one attached hydrogen (secondary N) is 2. The highest BCUT2D eigenvalue weighted by Gasteiger charge is 2.29. The Morgan fingerprint density at radius 2 is 2.11 bits per heavy atom. The first-order chi connectivity index (χ1) is 8.79. The van der Waals surface area contributed by atoms with Gasteiger partial charge in [0, 0.05) is 13.6 Å². The first-order valence-corrected chi connectivity index (χ1v) is 6.09. The van der Waals surface area contributed by atoms with E-state index in [1.165, 1.54) is 11.9 Å². The first-order valence-electron chi connectivity index (χ1n) is 6.09. The number of rotatable bonds is 4. The topological polar surface area (TPSA) is 61.4 Å². The van der Waals surface area contributed by atoms with E-state index in [4.69, 9.17) is 0 Å². The highest BCUT2D eigenvalue weighted by molar-refractivity contribution is 5.85. The summed E-state index contributed by atoms with van der Waals surface area (Å²) in [7, 11) is 1.42. The number of carbonyl (C=O) groups excluding carboxylic acids is 2. The van der Waals surface area contributed by atoms with Crippen LogP contribution in [-0.2, 0) is 9.59 Å². The monoisotopic (exact) mass is 281 g/mol. The lowest BCUT2D eigenvalue weighted by atomic mass is 9.98. The minimum atomic E-state index is -4.44. The van der Waals surface area contributed by atoms with Crippen LogP contribution in [0.3, 0.4) is 0 Å². The molecule has 1 aliphatic rings. The number of hydrogen-bond donors (Lipinski definition) is 2. The minimum absolute atomic E-state index is 0.200. The van der Waals surface area contributed by atoms with Gasteiger partial charge in [0.2, 0.25) is 11.8 Å². The largest absolute Gasteiger partial charge is 0.405 e. The van der Waals surface area contributed by atoms with Crippen molar-refractivity contribution in [3.63, 3.8) is 0 Å². The molecule has 1 heterocycles.